The summed E-state index contributed by atoms with van der Waals surface area (Å²) in [4.78, 5) is 24.7. The van der Waals surface area contributed by atoms with Crippen molar-refractivity contribution in [3.63, 3.8) is 0 Å². The number of oxazole rings is 1. The predicted octanol–water partition coefficient (Wildman–Crippen LogP) is 4.65. The molecular formula is C26H21N5O5S. The highest BCUT2D eigenvalue weighted by Crippen LogP contribution is 2.31. The van der Waals surface area contributed by atoms with Gasteiger partial charge >= 0.3 is 5.91 Å². The normalized spacial score (nSPS) is 11.3. The summed E-state index contributed by atoms with van der Waals surface area (Å²) in [6.07, 6.45) is 6.04. The second-order valence-electron chi connectivity index (χ2n) is 8.05. The van der Waals surface area contributed by atoms with Crippen molar-refractivity contribution in [1.29, 1.82) is 0 Å². The van der Waals surface area contributed by atoms with E-state index in [9.17, 15) is 13.2 Å². The molecule has 10 nitrogen and oxygen atoms in total. The van der Waals surface area contributed by atoms with Gasteiger partial charge in [0.15, 0.2) is 10.7 Å². The summed E-state index contributed by atoms with van der Waals surface area (Å²) in [6.45, 7) is 1.84. The number of hydrogen-bond acceptors (Lipinski definition) is 8. The number of anilines is 2. The van der Waals surface area contributed by atoms with Crippen LogP contribution in [0.4, 0.5) is 11.4 Å². The highest BCUT2D eigenvalue weighted by molar-refractivity contribution is 7.92. The third kappa shape index (κ3) is 4.84. The van der Waals surface area contributed by atoms with E-state index in [-0.39, 0.29) is 22.4 Å². The fourth-order valence-electron chi connectivity index (χ4n) is 3.84. The third-order valence-electron chi connectivity index (χ3n) is 5.53. The molecule has 0 saturated carbocycles. The van der Waals surface area contributed by atoms with Crippen molar-refractivity contribution in [1.82, 2.24) is 15.0 Å². The first-order chi connectivity index (χ1) is 17.9. The van der Waals surface area contributed by atoms with Crippen LogP contribution in [0, 0.1) is 6.92 Å². The van der Waals surface area contributed by atoms with E-state index in [1.165, 1.54) is 25.6 Å². The van der Waals surface area contributed by atoms with Gasteiger partial charge in [-0.1, -0.05) is 42.5 Å². The summed E-state index contributed by atoms with van der Waals surface area (Å²) >= 11 is 0. The Labute approximate surface area is 212 Å². The minimum atomic E-state index is -4.17. The number of nitrogens with one attached hydrogen (secondary N) is 2. The monoisotopic (exact) mass is 515 g/mol. The Morgan fingerprint density at radius 3 is 2.57 bits per heavy atom. The molecule has 186 valence electrons. The van der Waals surface area contributed by atoms with E-state index in [1.807, 2.05) is 43.3 Å². The zero-order chi connectivity index (χ0) is 26.0. The van der Waals surface area contributed by atoms with Crippen LogP contribution in [0.1, 0.15) is 16.2 Å². The van der Waals surface area contributed by atoms with E-state index in [0.717, 1.165) is 21.9 Å². The van der Waals surface area contributed by atoms with Crippen LogP contribution in [0.5, 0.6) is 5.88 Å². The molecule has 0 saturated heterocycles. The fourth-order valence-corrected chi connectivity index (χ4v) is 5.06. The molecule has 2 N–H and O–H groups in total. The topological polar surface area (TPSA) is 136 Å². The van der Waals surface area contributed by atoms with E-state index in [2.05, 4.69) is 25.0 Å². The van der Waals surface area contributed by atoms with E-state index in [0.29, 0.717) is 11.4 Å². The molecule has 0 bridgehead atoms. The number of nitrogens with zero attached hydrogens (tertiary/aromatic N) is 3. The summed E-state index contributed by atoms with van der Waals surface area (Å²) in [7, 11) is -2.86. The van der Waals surface area contributed by atoms with Crippen molar-refractivity contribution in [2.45, 2.75) is 11.8 Å². The Morgan fingerprint density at radius 2 is 1.78 bits per heavy atom. The SMILES string of the molecule is COc1ncc(NC(=O)c2ncc(-c3ccccc3)o2)cc1S(=O)(=O)Nc1cccc2cncc(C)c12. The summed E-state index contributed by atoms with van der Waals surface area (Å²) in [6, 6.07) is 15.7. The van der Waals surface area contributed by atoms with Crippen molar-refractivity contribution in [3.05, 3.63) is 90.8 Å². The van der Waals surface area contributed by atoms with E-state index < -0.39 is 15.9 Å². The Bertz CT molecular complexity index is 1710. The van der Waals surface area contributed by atoms with E-state index in [1.54, 1.807) is 24.5 Å². The van der Waals surface area contributed by atoms with Crippen molar-refractivity contribution in [2.24, 2.45) is 0 Å². The van der Waals surface area contributed by atoms with Gasteiger partial charge in [-0.05, 0) is 24.6 Å². The number of aryl methyl sites for hydroxylation is 1. The van der Waals surface area contributed by atoms with Crippen molar-refractivity contribution < 1.29 is 22.4 Å². The standard InChI is InChI=1S/C26H21N5O5S/c1-16-12-27-13-18-9-6-10-20(23(16)18)31-37(33,34)22-11-19(14-28-25(22)35-2)30-24(32)26-29-15-21(36-26)17-7-4-3-5-8-17/h3-15,31H,1-2H3,(H,30,32). The largest absolute Gasteiger partial charge is 0.480 e. The van der Waals surface area contributed by atoms with E-state index >= 15 is 0 Å². The van der Waals surface area contributed by atoms with Crippen LogP contribution in [0.15, 0.2) is 88.7 Å². The number of benzene rings is 2. The van der Waals surface area contributed by atoms with Crippen LogP contribution in [0.25, 0.3) is 22.1 Å². The quantitative estimate of drug-likeness (QED) is 0.320. The lowest BCUT2D eigenvalue weighted by molar-refractivity contribution is 0.0991. The van der Waals surface area contributed by atoms with Gasteiger partial charge in [0.2, 0.25) is 5.88 Å². The number of sulfonamides is 1. The zero-order valence-corrected chi connectivity index (χ0v) is 20.6. The van der Waals surface area contributed by atoms with Crippen molar-refractivity contribution >= 4 is 38.1 Å². The number of methoxy groups -OCH3 is 1. The number of pyridine rings is 2. The molecule has 5 aromatic rings. The number of carbonyl (C=O) groups is 1. The molecule has 3 aromatic heterocycles. The van der Waals surface area contributed by atoms with Gasteiger partial charge in [0.1, 0.15) is 0 Å². The zero-order valence-electron chi connectivity index (χ0n) is 19.8. The van der Waals surface area contributed by atoms with Gasteiger partial charge < -0.3 is 14.5 Å². The number of ether oxygens (including phenoxy) is 1. The minimum Gasteiger partial charge on any atom is -0.480 e. The number of carbonyl (C=O) groups excluding carboxylic acids is 1. The number of aromatic nitrogens is 3. The van der Waals surface area contributed by atoms with Gasteiger partial charge in [0.25, 0.3) is 15.9 Å². The van der Waals surface area contributed by atoms with Crippen molar-refractivity contribution in [3.8, 4) is 17.2 Å². The Morgan fingerprint density at radius 1 is 0.973 bits per heavy atom. The minimum absolute atomic E-state index is 0.115. The molecule has 0 aliphatic carbocycles. The Hall–Kier alpha value is -4.77. The summed E-state index contributed by atoms with van der Waals surface area (Å²) in [5, 5.41) is 4.08. The highest BCUT2D eigenvalue weighted by Gasteiger charge is 2.24. The molecule has 0 fully saturated rings. The summed E-state index contributed by atoms with van der Waals surface area (Å²) < 4.78 is 40.2. The van der Waals surface area contributed by atoms with Crippen LogP contribution in [0.2, 0.25) is 0 Å². The average Bonchev–Trinajstić information content (AvgIpc) is 3.40. The molecule has 5 rings (SSSR count). The first kappa shape index (κ1) is 23.9. The smallest absolute Gasteiger partial charge is 0.311 e. The molecule has 0 atom stereocenters. The van der Waals surface area contributed by atoms with Gasteiger partial charge in [-0.15, -0.1) is 0 Å². The molecule has 3 heterocycles. The second kappa shape index (κ2) is 9.70. The molecule has 0 aliphatic heterocycles. The first-order valence-electron chi connectivity index (χ1n) is 11.1. The highest BCUT2D eigenvalue weighted by atomic mass is 32.2. The van der Waals surface area contributed by atoms with Gasteiger partial charge in [-0.2, -0.15) is 0 Å². The van der Waals surface area contributed by atoms with Gasteiger partial charge in [-0.25, -0.2) is 18.4 Å². The molecule has 0 spiro atoms. The molecular weight excluding hydrogens is 494 g/mol. The maximum absolute atomic E-state index is 13.4. The molecule has 0 radical (unpaired) electrons. The first-order valence-corrected chi connectivity index (χ1v) is 12.6. The molecule has 0 unspecified atom stereocenters. The van der Waals surface area contributed by atoms with Crippen molar-refractivity contribution in [2.75, 3.05) is 17.1 Å². The number of hydrogen-bond donors (Lipinski definition) is 2. The molecule has 1 amide bonds. The predicted molar refractivity (Wildman–Crippen MR) is 138 cm³/mol. The van der Waals surface area contributed by atoms with Crippen LogP contribution < -0.4 is 14.8 Å². The number of fused-ring (bicyclic) bond motifs is 1. The summed E-state index contributed by atoms with van der Waals surface area (Å²) in [5.74, 6) is -0.557. The molecule has 0 aliphatic rings. The Kier molecular flexibility index (Phi) is 6.28. The number of rotatable bonds is 7. The van der Waals surface area contributed by atoms with Gasteiger partial charge in [0.05, 0.1) is 30.9 Å². The maximum Gasteiger partial charge on any atom is 0.311 e. The Balaban J connectivity index is 1.43. The van der Waals surface area contributed by atoms with Gasteiger partial charge in [-0.3, -0.25) is 14.5 Å². The second-order valence-corrected chi connectivity index (χ2v) is 9.70. The van der Waals surface area contributed by atoms with E-state index in [4.69, 9.17) is 9.15 Å². The van der Waals surface area contributed by atoms with Crippen LogP contribution in [0.3, 0.4) is 0 Å². The maximum atomic E-state index is 13.4. The molecule has 11 heteroatoms. The van der Waals surface area contributed by atoms with Crippen LogP contribution in [-0.2, 0) is 10.0 Å². The fraction of sp³-hybridized carbons (Fsp3) is 0.0769. The lowest BCUT2D eigenvalue weighted by Gasteiger charge is -2.14. The number of amides is 1. The van der Waals surface area contributed by atoms with Crippen LogP contribution >= 0.6 is 0 Å². The summed E-state index contributed by atoms with van der Waals surface area (Å²) in [5.41, 5.74) is 2.06. The average molecular weight is 516 g/mol. The third-order valence-corrected chi connectivity index (χ3v) is 6.89. The lowest BCUT2D eigenvalue weighted by atomic mass is 10.1. The van der Waals surface area contributed by atoms with Gasteiger partial charge in [0, 0.05) is 28.7 Å². The molecule has 2 aromatic carbocycles. The molecule has 37 heavy (non-hydrogen) atoms. The lowest BCUT2D eigenvalue weighted by Crippen LogP contribution is -2.17. The van der Waals surface area contributed by atoms with Crippen LogP contribution in [-0.4, -0.2) is 36.4 Å².